The molecule has 2 aromatic rings. The topological polar surface area (TPSA) is 48.5 Å². The Bertz CT molecular complexity index is 795. The van der Waals surface area contributed by atoms with E-state index in [4.69, 9.17) is 16.6 Å². The van der Waals surface area contributed by atoms with Crippen molar-refractivity contribution in [2.45, 2.75) is 51.6 Å². The largest absolute Gasteiger partial charge is 0.371 e. The van der Waals surface area contributed by atoms with E-state index in [1.807, 2.05) is 32.0 Å². The fourth-order valence-corrected chi connectivity index (χ4v) is 4.07. The van der Waals surface area contributed by atoms with Gasteiger partial charge in [-0.15, -0.1) is 0 Å². The van der Waals surface area contributed by atoms with Gasteiger partial charge in [-0.2, -0.15) is 0 Å². The first kappa shape index (κ1) is 20.7. The number of hydrogen-bond donors (Lipinski definition) is 3. The summed E-state index contributed by atoms with van der Waals surface area (Å²) in [5.41, 5.74) is 3.25. The van der Waals surface area contributed by atoms with Crippen LogP contribution in [0.2, 0.25) is 5.02 Å². The molecule has 1 fully saturated rings. The van der Waals surface area contributed by atoms with Crippen LogP contribution in [0.3, 0.4) is 0 Å². The van der Waals surface area contributed by atoms with Crippen LogP contribution in [-0.2, 0) is 6.54 Å². The monoisotopic (exact) mass is 398 g/mol. The zero-order chi connectivity index (χ0) is 19.8. The fraction of sp³-hybridized carbons (Fsp3) is 0.435. The predicted octanol–water partition coefficient (Wildman–Crippen LogP) is 5.70. The molecule has 2 aliphatic rings. The van der Waals surface area contributed by atoms with Crippen LogP contribution in [0, 0.1) is 0 Å². The Morgan fingerprint density at radius 1 is 0.964 bits per heavy atom. The lowest BCUT2D eigenvalue weighted by Crippen LogP contribution is -2.54. The van der Waals surface area contributed by atoms with Gasteiger partial charge in [0, 0.05) is 5.02 Å². The van der Waals surface area contributed by atoms with Crippen LogP contribution in [0.25, 0.3) is 0 Å². The van der Waals surface area contributed by atoms with E-state index >= 15 is 0 Å². The Hall–Kier alpha value is -2.04. The zero-order valence-corrected chi connectivity index (χ0v) is 17.6. The number of fused-ring (bicyclic) bond motifs is 1. The maximum atomic E-state index is 6.13. The van der Waals surface area contributed by atoms with E-state index in [1.54, 1.807) is 0 Å². The van der Waals surface area contributed by atoms with Crippen LogP contribution in [0.15, 0.2) is 53.5 Å². The summed E-state index contributed by atoms with van der Waals surface area (Å²) in [7, 11) is 0. The Balaban J connectivity index is 0.00000109. The van der Waals surface area contributed by atoms with Gasteiger partial charge >= 0.3 is 0 Å². The zero-order valence-electron chi connectivity index (χ0n) is 16.9. The molecule has 0 aromatic heterocycles. The molecule has 5 heteroatoms. The van der Waals surface area contributed by atoms with Crippen molar-refractivity contribution >= 4 is 28.8 Å². The minimum absolute atomic E-state index is 0.139. The van der Waals surface area contributed by atoms with Crippen molar-refractivity contribution in [2.75, 3.05) is 23.7 Å². The molecule has 28 heavy (non-hydrogen) atoms. The van der Waals surface area contributed by atoms with Gasteiger partial charge in [0.05, 0.1) is 23.5 Å². The molecule has 2 heterocycles. The third kappa shape index (κ3) is 4.86. The maximum absolute atomic E-state index is 6.13. The van der Waals surface area contributed by atoms with Crippen molar-refractivity contribution in [2.24, 2.45) is 4.99 Å². The summed E-state index contributed by atoms with van der Waals surface area (Å²) in [5, 5.41) is 11.7. The minimum atomic E-state index is -0.139. The maximum Gasteiger partial charge on any atom is 0.127 e. The van der Waals surface area contributed by atoms with Gasteiger partial charge in [-0.25, -0.2) is 0 Å². The quantitative estimate of drug-likeness (QED) is 0.607. The summed E-state index contributed by atoms with van der Waals surface area (Å²) in [6.07, 6.45) is 4.49. The first-order valence-corrected chi connectivity index (χ1v) is 10.8. The fourth-order valence-electron chi connectivity index (χ4n) is 3.85. The highest BCUT2D eigenvalue weighted by Gasteiger charge is 2.39. The molecule has 0 radical (unpaired) electrons. The van der Waals surface area contributed by atoms with Crippen molar-refractivity contribution in [3.63, 3.8) is 0 Å². The number of aliphatic imine (C=N–C) groups is 1. The summed E-state index contributed by atoms with van der Waals surface area (Å²) in [6.45, 7) is 6.73. The molecular weight excluding hydrogens is 368 g/mol. The van der Waals surface area contributed by atoms with Gasteiger partial charge in [-0.05, 0) is 68.6 Å². The molecule has 3 N–H and O–H groups in total. The van der Waals surface area contributed by atoms with E-state index in [9.17, 15) is 0 Å². The highest BCUT2D eigenvalue weighted by molar-refractivity contribution is 6.30. The van der Waals surface area contributed by atoms with Crippen molar-refractivity contribution in [3.8, 4) is 0 Å². The van der Waals surface area contributed by atoms with Gasteiger partial charge in [-0.1, -0.05) is 49.7 Å². The van der Waals surface area contributed by atoms with Crippen LogP contribution >= 0.6 is 11.6 Å². The summed E-state index contributed by atoms with van der Waals surface area (Å²) in [6, 6.07) is 16.3. The lowest BCUT2D eigenvalue weighted by atomic mass is 9.84. The third-order valence-electron chi connectivity index (χ3n) is 5.25. The Morgan fingerprint density at radius 2 is 1.79 bits per heavy atom. The van der Waals surface area contributed by atoms with Crippen LogP contribution in [0.1, 0.15) is 45.1 Å². The Kier molecular flexibility index (Phi) is 7.35. The molecule has 1 saturated heterocycles. The number of nitrogens with zero attached hydrogens (tertiary/aromatic N) is 1. The molecule has 2 aromatic carbocycles. The predicted molar refractivity (Wildman–Crippen MR) is 122 cm³/mol. The normalized spacial score (nSPS) is 22.8. The van der Waals surface area contributed by atoms with Gasteiger partial charge in [0.15, 0.2) is 0 Å². The summed E-state index contributed by atoms with van der Waals surface area (Å²) in [4.78, 5) is 5.00. The number of halogens is 1. The van der Waals surface area contributed by atoms with Gasteiger partial charge < -0.3 is 16.0 Å². The highest BCUT2D eigenvalue weighted by atomic mass is 35.5. The summed E-state index contributed by atoms with van der Waals surface area (Å²) in [5.74, 6) is 1.04. The first-order valence-electron chi connectivity index (χ1n) is 10.4. The van der Waals surface area contributed by atoms with Crippen molar-refractivity contribution in [1.29, 1.82) is 0 Å². The minimum Gasteiger partial charge on any atom is -0.371 e. The molecule has 150 valence electrons. The second-order valence-corrected chi connectivity index (χ2v) is 7.57. The average Bonchev–Trinajstić information content (AvgIpc) is 2.71. The molecule has 0 saturated carbocycles. The van der Waals surface area contributed by atoms with Crippen LogP contribution in [-0.4, -0.2) is 24.5 Å². The number of nitrogens with one attached hydrogen (secondary N) is 3. The van der Waals surface area contributed by atoms with E-state index in [1.165, 1.54) is 12.8 Å². The number of hydrogen-bond acceptors (Lipinski definition) is 3. The SMILES string of the molecule is CC.Clc1cccc(CN=C2Nc3ccccc3NC23CCCCNCC3)c1. The number of amidine groups is 1. The number of benzene rings is 2. The van der Waals surface area contributed by atoms with Crippen molar-refractivity contribution < 1.29 is 0 Å². The smallest absolute Gasteiger partial charge is 0.127 e. The van der Waals surface area contributed by atoms with E-state index in [2.05, 4.69) is 46.3 Å². The van der Waals surface area contributed by atoms with E-state index < -0.39 is 0 Å². The molecule has 0 amide bonds. The molecule has 4 nitrogen and oxygen atoms in total. The van der Waals surface area contributed by atoms with Crippen LogP contribution in [0.4, 0.5) is 11.4 Å². The first-order chi connectivity index (χ1) is 13.8. The number of rotatable bonds is 2. The third-order valence-corrected chi connectivity index (χ3v) is 5.49. The van der Waals surface area contributed by atoms with Crippen molar-refractivity contribution in [3.05, 3.63) is 59.1 Å². The van der Waals surface area contributed by atoms with Crippen LogP contribution in [0.5, 0.6) is 0 Å². The molecule has 0 bridgehead atoms. The summed E-state index contributed by atoms with van der Waals surface area (Å²) >= 11 is 6.13. The van der Waals surface area contributed by atoms with Gasteiger partial charge in [0.2, 0.25) is 0 Å². The van der Waals surface area contributed by atoms with E-state index in [-0.39, 0.29) is 5.54 Å². The molecule has 1 spiro atoms. The van der Waals surface area contributed by atoms with Gasteiger partial charge in [-0.3, -0.25) is 4.99 Å². The number of para-hydroxylation sites is 2. The molecule has 1 unspecified atom stereocenters. The lowest BCUT2D eigenvalue weighted by molar-refractivity contribution is 0.430. The summed E-state index contributed by atoms with van der Waals surface area (Å²) < 4.78 is 0. The Morgan fingerprint density at radius 3 is 2.61 bits per heavy atom. The van der Waals surface area contributed by atoms with E-state index in [0.717, 1.165) is 53.7 Å². The Labute approximate surface area is 173 Å². The second-order valence-electron chi connectivity index (χ2n) is 7.13. The van der Waals surface area contributed by atoms with Gasteiger partial charge in [0.1, 0.15) is 5.84 Å². The molecule has 1 atom stereocenters. The molecule has 2 aliphatic heterocycles. The second kappa shape index (κ2) is 9.94. The van der Waals surface area contributed by atoms with Crippen molar-refractivity contribution in [1.82, 2.24) is 5.32 Å². The molecule has 4 rings (SSSR count). The molecule has 0 aliphatic carbocycles. The highest BCUT2D eigenvalue weighted by Crippen LogP contribution is 2.36. The number of anilines is 2. The van der Waals surface area contributed by atoms with Gasteiger partial charge in [0.25, 0.3) is 0 Å². The van der Waals surface area contributed by atoms with Crippen LogP contribution < -0.4 is 16.0 Å². The van der Waals surface area contributed by atoms with E-state index in [0.29, 0.717) is 6.54 Å². The lowest BCUT2D eigenvalue weighted by Gasteiger charge is -2.42. The standard InChI is InChI=1S/C21H25ClN4.C2H6/c22-17-7-5-6-16(14-17)15-24-20-21(10-3-4-12-23-13-11-21)26-19-9-2-1-8-18(19)25-20;1-2/h1-2,5-9,14,23,26H,3-4,10-13,15H2,(H,24,25);1-2H3. The average molecular weight is 399 g/mol. The molecular formula is C23H31ClN4.